The fraction of sp³-hybridized carbons (Fsp3) is 0.407. The van der Waals surface area contributed by atoms with Gasteiger partial charge in [-0.1, -0.05) is 43.0 Å². The molecule has 6 nitrogen and oxygen atoms in total. The normalized spacial score (nSPS) is 19.2. The average molecular weight is 446 g/mol. The van der Waals surface area contributed by atoms with E-state index in [9.17, 15) is 14.7 Å². The first-order valence-corrected chi connectivity index (χ1v) is 11.6. The number of benzene rings is 2. The first-order chi connectivity index (χ1) is 16.0. The summed E-state index contributed by atoms with van der Waals surface area (Å²) in [7, 11) is 1.66. The van der Waals surface area contributed by atoms with Crippen LogP contribution in [0.5, 0.6) is 0 Å². The van der Waals surface area contributed by atoms with E-state index in [0.717, 1.165) is 47.3 Å². The monoisotopic (exact) mass is 445 g/mol. The Hall–Kier alpha value is -3.14. The summed E-state index contributed by atoms with van der Waals surface area (Å²) in [6.45, 7) is 4.07. The van der Waals surface area contributed by atoms with Crippen LogP contribution in [0.15, 0.2) is 42.5 Å². The third-order valence-corrected chi connectivity index (χ3v) is 6.48. The maximum absolute atomic E-state index is 13.3. The van der Waals surface area contributed by atoms with Crippen LogP contribution in [0.25, 0.3) is 0 Å². The molecule has 172 valence electrons. The minimum atomic E-state index is -0.454. The van der Waals surface area contributed by atoms with Gasteiger partial charge >= 0.3 is 0 Å². The number of β-amino-alcohol motifs (C(OH)–C–C–N with tert-alkyl or cyclic N) is 1. The lowest BCUT2D eigenvalue weighted by molar-refractivity contribution is -0.122. The van der Waals surface area contributed by atoms with Crippen LogP contribution in [0, 0.1) is 11.8 Å². The summed E-state index contributed by atoms with van der Waals surface area (Å²) < 4.78 is 0. The van der Waals surface area contributed by atoms with E-state index in [4.69, 9.17) is 0 Å². The van der Waals surface area contributed by atoms with Gasteiger partial charge in [-0.25, -0.2) is 0 Å². The predicted octanol–water partition coefficient (Wildman–Crippen LogP) is 2.62. The number of hydrogen-bond acceptors (Lipinski definition) is 4. The van der Waals surface area contributed by atoms with Crippen molar-refractivity contribution in [1.82, 2.24) is 10.2 Å². The molecular weight excluding hydrogens is 414 g/mol. The van der Waals surface area contributed by atoms with Crippen LogP contribution >= 0.6 is 0 Å². The lowest BCUT2D eigenvalue weighted by atomic mass is 9.79. The first-order valence-electron chi connectivity index (χ1n) is 11.6. The molecule has 0 aliphatic carbocycles. The largest absolute Gasteiger partial charge is 0.392 e. The number of aliphatic hydroxyl groups is 1. The zero-order chi connectivity index (χ0) is 23.4. The topological polar surface area (TPSA) is 81.7 Å². The summed E-state index contributed by atoms with van der Waals surface area (Å²) >= 11 is 0. The zero-order valence-corrected chi connectivity index (χ0v) is 19.2. The Morgan fingerprint density at radius 2 is 2.12 bits per heavy atom. The lowest BCUT2D eigenvalue weighted by Gasteiger charge is -2.31. The van der Waals surface area contributed by atoms with E-state index in [2.05, 4.69) is 39.5 Å². The number of nitrogens with zero attached hydrogens (tertiary/aromatic N) is 1. The average Bonchev–Trinajstić information content (AvgIpc) is 3.40. The third-order valence-electron chi connectivity index (χ3n) is 6.48. The second kappa shape index (κ2) is 10.2. The van der Waals surface area contributed by atoms with Gasteiger partial charge in [0.25, 0.3) is 0 Å². The molecule has 6 heteroatoms. The van der Waals surface area contributed by atoms with E-state index in [0.29, 0.717) is 19.5 Å². The van der Waals surface area contributed by atoms with Gasteiger partial charge in [0.15, 0.2) is 0 Å². The Morgan fingerprint density at radius 1 is 1.27 bits per heavy atom. The number of carbonyl (C=O) groups is 2. The van der Waals surface area contributed by atoms with Crippen molar-refractivity contribution in [3.63, 3.8) is 0 Å². The Kier molecular flexibility index (Phi) is 7.12. The molecule has 0 bridgehead atoms. The van der Waals surface area contributed by atoms with Gasteiger partial charge in [-0.15, -0.1) is 0 Å². The number of anilines is 1. The molecule has 3 N–H and O–H groups in total. The molecule has 2 amide bonds. The van der Waals surface area contributed by atoms with Gasteiger partial charge in [0.05, 0.1) is 18.4 Å². The summed E-state index contributed by atoms with van der Waals surface area (Å²) in [5, 5.41) is 15.8. The predicted molar refractivity (Wildman–Crippen MR) is 129 cm³/mol. The molecule has 2 aromatic carbocycles. The van der Waals surface area contributed by atoms with Crippen molar-refractivity contribution < 1.29 is 14.7 Å². The number of likely N-dealkylation sites (N-methyl/N-ethyl adjacent to an activating group) is 1. The van der Waals surface area contributed by atoms with E-state index >= 15 is 0 Å². The van der Waals surface area contributed by atoms with E-state index in [1.165, 1.54) is 0 Å². The molecule has 33 heavy (non-hydrogen) atoms. The molecule has 1 saturated heterocycles. The molecule has 4 rings (SSSR count). The molecule has 1 fully saturated rings. The number of likely N-dealkylation sites (tertiary alicyclic amines) is 1. The van der Waals surface area contributed by atoms with Crippen molar-refractivity contribution in [3.8, 4) is 11.8 Å². The zero-order valence-electron chi connectivity index (χ0n) is 19.2. The van der Waals surface area contributed by atoms with Crippen LogP contribution in [-0.2, 0) is 16.0 Å². The highest BCUT2D eigenvalue weighted by Crippen LogP contribution is 2.38. The highest BCUT2D eigenvalue weighted by atomic mass is 16.3. The minimum Gasteiger partial charge on any atom is -0.392 e. The summed E-state index contributed by atoms with van der Waals surface area (Å²) in [4.78, 5) is 27.4. The van der Waals surface area contributed by atoms with E-state index in [1.807, 2.05) is 37.3 Å². The molecule has 0 radical (unpaired) electrons. The van der Waals surface area contributed by atoms with Crippen LogP contribution in [0.4, 0.5) is 5.69 Å². The van der Waals surface area contributed by atoms with Crippen molar-refractivity contribution in [2.45, 2.75) is 44.1 Å². The molecule has 0 aromatic heterocycles. The molecular formula is C27H31N3O3. The molecule has 2 aliphatic rings. The van der Waals surface area contributed by atoms with Crippen LogP contribution in [0.2, 0.25) is 0 Å². The second-order valence-electron chi connectivity index (χ2n) is 8.82. The number of fused-ring (bicyclic) bond motifs is 1. The number of hydrogen-bond donors (Lipinski definition) is 3. The lowest BCUT2D eigenvalue weighted by Crippen LogP contribution is -2.36. The van der Waals surface area contributed by atoms with Gasteiger partial charge in [0.2, 0.25) is 11.8 Å². The Labute approximate surface area is 195 Å². The molecule has 2 aromatic rings. The summed E-state index contributed by atoms with van der Waals surface area (Å²) in [6.07, 6.45) is 1.56. The van der Waals surface area contributed by atoms with Crippen molar-refractivity contribution in [2.24, 2.45) is 0 Å². The maximum Gasteiger partial charge on any atom is 0.228 e. The van der Waals surface area contributed by atoms with E-state index in [-0.39, 0.29) is 23.8 Å². The smallest absolute Gasteiger partial charge is 0.228 e. The Balaban J connectivity index is 1.76. The number of rotatable bonds is 6. The second-order valence-corrected chi connectivity index (χ2v) is 8.82. The number of amides is 2. The fourth-order valence-electron chi connectivity index (χ4n) is 4.84. The summed E-state index contributed by atoms with van der Waals surface area (Å²) in [5.74, 6) is 5.63. The van der Waals surface area contributed by atoms with Crippen molar-refractivity contribution in [2.75, 3.05) is 32.0 Å². The number of nitrogens with one attached hydrogen (secondary N) is 2. The summed E-state index contributed by atoms with van der Waals surface area (Å²) in [6, 6.07) is 14.0. The Morgan fingerprint density at radius 3 is 2.85 bits per heavy atom. The first kappa shape index (κ1) is 23.0. The van der Waals surface area contributed by atoms with Gasteiger partial charge in [-0.05, 0) is 41.3 Å². The van der Waals surface area contributed by atoms with Crippen LogP contribution in [0.1, 0.15) is 53.9 Å². The van der Waals surface area contributed by atoms with Crippen molar-refractivity contribution >= 4 is 17.5 Å². The van der Waals surface area contributed by atoms with Gasteiger partial charge < -0.3 is 20.6 Å². The van der Waals surface area contributed by atoms with Crippen molar-refractivity contribution in [1.29, 1.82) is 0 Å². The van der Waals surface area contributed by atoms with E-state index in [1.54, 1.807) is 7.05 Å². The Bertz CT molecular complexity index is 1100. The SMILES string of the molecule is CCC#Cc1cccc([C@@H](CN2CC[C@H](O)C2)C(C(=O)NC)c2ccc3c(c2)NC(=O)C3)c1. The van der Waals surface area contributed by atoms with E-state index < -0.39 is 5.92 Å². The minimum absolute atomic E-state index is 0.0246. The van der Waals surface area contributed by atoms with Gasteiger partial charge in [0.1, 0.15) is 0 Å². The highest BCUT2D eigenvalue weighted by Gasteiger charge is 2.35. The molecule has 2 heterocycles. The molecule has 3 atom stereocenters. The van der Waals surface area contributed by atoms with Crippen LogP contribution < -0.4 is 10.6 Å². The van der Waals surface area contributed by atoms with Gasteiger partial charge in [-0.2, -0.15) is 0 Å². The quantitative estimate of drug-likeness (QED) is 0.597. The standard InChI is InChI=1S/C27H31N3O3/c1-3-4-6-18-7-5-8-19(13-18)23(17-30-12-11-22(31)16-30)26(27(33)28-2)21-10-9-20-15-25(32)29-24(20)14-21/h5,7-10,13-14,22-23,26,31H,3,11-12,15-17H2,1-2H3,(H,28,33)(H,29,32)/t22-,23+,26?/m0/s1. The molecule has 1 unspecified atom stereocenters. The molecule has 2 aliphatic heterocycles. The van der Waals surface area contributed by atoms with Crippen molar-refractivity contribution in [3.05, 3.63) is 64.7 Å². The highest BCUT2D eigenvalue weighted by molar-refractivity contribution is 5.99. The maximum atomic E-state index is 13.3. The third kappa shape index (κ3) is 5.27. The van der Waals surface area contributed by atoms with Crippen LogP contribution in [-0.4, -0.2) is 54.6 Å². The number of aliphatic hydroxyl groups excluding tert-OH is 1. The fourth-order valence-corrected chi connectivity index (χ4v) is 4.84. The molecule has 0 spiro atoms. The van der Waals surface area contributed by atoms with Crippen LogP contribution in [0.3, 0.4) is 0 Å². The van der Waals surface area contributed by atoms with Gasteiger partial charge in [-0.3, -0.25) is 9.59 Å². The molecule has 0 saturated carbocycles. The summed E-state index contributed by atoms with van der Waals surface area (Å²) in [5.41, 5.74) is 4.57. The van der Waals surface area contributed by atoms with Gasteiger partial charge in [0, 0.05) is 50.3 Å². The number of carbonyl (C=O) groups excluding carboxylic acids is 2.